The molecule has 2 heterocycles. The number of aromatic amines is 1. The predicted octanol–water partition coefficient (Wildman–Crippen LogP) is 1.21. The topological polar surface area (TPSA) is 84.7 Å². The second-order valence-electron chi connectivity index (χ2n) is 3.22. The van der Waals surface area contributed by atoms with E-state index < -0.39 is 0 Å². The molecule has 0 aliphatic carbocycles. The highest BCUT2D eigenvalue weighted by atomic mass is 32.2. The van der Waals surface area contributed by atoms with Gasteiger partial charge in [0.05, 0.1) is 11.9 Å². The average Bonchev–Trinajstić information content (AvgIpc) is 2.20. The average molecular weight is 234 g/mol. The van der Waals surface area contributed by atoms with Gasteiger partial charge in [0.1, 0.15) is 5.03 Å². The molecule has 0 saturated carbocycles. The first kappa shape index (κ1) is 10.7. The molecule has 0 bridgehead atoms. The van der Waals surface area contributed by atoms with E-state index in [1.165, 1.54) is 17.8 Å². The minimum Gasteiger partial charge on any atom is -0.397 e. The summed E-state index contributed by atoms with van der Waals surface area (Å²) in [6.45, 7) is 1.77. The van der Waals surface area contributed by atoms with Crippen LogP contribution in [0.5, 0.6) is 0 Å². The Balaban J connectivity index is 2.26. The summed E-state index contributed by atoms with van der Waals surface area (Å²) in [4.78, 5) is 22.1. The Morgan fingerprint density at radius 3 is 2.88 bits per heavy atom. The van der Waals surface area contributed by atoms with E-state index in [0.29, 0.717) is 16.5 Å². The van der Waals surface area contributed by atoms with Crippen LogP contribution in [-0.4, -0.2) is 15.0 Å². The molecule has 82 valence electrons. The second kappa shape index (κ2) is 4.36. The Morgan fingerprint density at radius 2 is 2.25 bits per heavy atom. The molecule has 0 atom stereocenters. The van der Waals surface area contributed by atoms with Crippen LogP contribution in [0.2, 0.25) is 0 Å². The fourth-order valence-electron chi connectivity index (χ4n) is 1.15. The van der Waals surface area contributed by atoms with Crippen LogP contribution in [0.4, 0.5) is 5.69 Å². The largest absolute Gasteiger partial charge is 0.397 e. The number of anilines is 1. The first-order chi connectivity index (χ1) is 7.63. The zero-order valence-electron chi connectivity index (χ0n) is 8.60. The van der Waals surface area contributed by atoms with Gasteiger partial charge < -0.3 is 10.7 Å². The molecule has 6 heteroatoms. The maximum absolute atomic E-state index is 11.2. The second-order valence-corrected chi connectivity index (χ2v) is 4.23. The van der Waals surface area contributed by atoms with Crippen LogP contribution in [0.25, 0.3) is 0 Å². The zero-order valence-corrected chi connectivity index (χ0v) is 9.41. The summed E-state index contributed by atoms with van der Waals surface area (Å²) in [5.41, 5.74) is 6.65. The summed E-state index contributed by atoms with van der Waals surface area (Å²) in [5.74, 6) is 0. The molecule has 0 radical (unpaired) electrons. The standard InChI is InChI=1S/C10H10N4OS/c1-6-4-8(15)14-10(13-6)16-9-3-2-7(11)5-12-9/h2-5H,11H2,1H3,(H,13,14,15). The minimum atomic E-state index is -0.162. The number of nitrogen functional groups attached to an aromatic ring is 1. The Labute approximate surface area is 96.1 Å². The first-order valence-electron chi connectivity index (χ1n) is 4.61. The molecule has 0 saturated heterocycles. The van der Waals surface area contributed by atoms with Crippen molar-refractivity contribution in [2.45, 2.75) is 17.1 Å². The van der Waals surface area contributed by atoms with Crippen molar-refractivity contribution in [3.05, 3.63) is 40.4 Å². The van der Waals surface area contributed by atoms with Crippen molar-refractivity contribution in [1.82, 2.24) is 15.0 Å². The molecule has 2 aromatic rings. The number of rotatable bonds is 2. The van der Waals surface area contributed by atoms with Gasteiger partial charge in [-0.1, -0.05) is 0 Å². The van der Waals surface area contributed by atoms with Gasteiger partial charge >= 0.3 is 0 Å². The smallest absolute Gasteiger partial charge is 0.251 e. The SMILES string of the molecule is Cc1cc(=O)[nH]c(Sc2ccc(N)cn2)n1. The zero-order chi connectivity index (χ0) is 11.5. The molecule has 2 aromatic heterocycles. The molecule has 16 heavy (non-hydrogen) atoms. The van der Waals surface area contributed by atoms with Gasteiger partial charge in [-0.25, -0.2) is 9.97 Å². The Morgan fingerprint density at radius 1 is 1.44 bits per heavy atom. The van der Waals surface area contributed by atoms with Crippen LogP contribution in [0.1, 0.15) is 5.69 Å². The van der Waals surface area contributed by atoms with Gasteiger partial charge in [-0.15, -0.1) is 0 Å². The highest BCUT2D eigenvalue weighted by Gasteiger charge is 2.02. The van der Waals surface area contributed by atoms with Crippen LogP contribution >= 0.6 is 11.8 Å². The fourth-order valence-corrected chi connectivity index (χ4v) is 1.93. The number of hydrogen-bond donors (Lipinski definition) is 2. The third-order valence-electron chi connectivity index (χ3n) is 1.81. The maximum Gasteiger partial charge on any atom is 0.251 e. The number of nitrogens with one attached hydrogen (secondary N) is 1. The van der Waals surface area contributed by atoms with Gasteiger partial charge in [0.25, 0.3) is 5.56 Å². The molecule has 0 unspecified atom stereocenters. The molecule has 0 spiro atoms. The third-order valence-corrected chi connectivity index (χ3v) is 2.65. The van der Waals surface area contributed by atoms with Gasteiger partial charge in [0, 0.05) is 11.8 Å². The summed E-state index contributed by atoms with van der Waals surface area (Å²) in [6, 6.07) is 4.98. The lowest BCUT2D eigenvalue weighted by Crippen LogP contribution is -2.07. The summed E-state index contributed by atoms with van der Waals surface area (Å²) >= 11 is 1.29. The van der Waals surface area contributed by atoms with Crippen LogP contribution in [0, 0.1) is 6.92 Å². The van der Waals surface area contributed by atoms with E-state index in [1.54, 1.807) is 25.3 Å². The Hall–Kier alpha value is -1.82. The van der Waals surface area contributed by atoms with E-state index >= 15 is 0 Å². The summed E-state index contributed by atoms with van der Waals surface area (Å²) < 4.78 is 0. The molecule has 0 aromatic carbocycles. The minimum absolute atomic E-state index is 0.162. The van der Waals surface area contributed by atoms with Crippen LogP contribution < -0.4 is 11.3 Å². The normalized spacial score (nSPS) is 10.3. The Bertz CT molecular complexity index is 549. The predicted molar refractivity (Wildman–Crippen MR) is 62.4 cm³/mol. The van der Waals surface area contributed by atoms with Gasteiger partial charge in [-0.05, 0) is 30.8 Å². The van der Waals surface area contributed by atoms with E-state index in [9.17, 15) is 4.79 Å². The van der Waals surface area contributed by atoms with Gasteiger partial charge in [0.15, 0.2) is 5.16 Å². The van der Waals surface area contributed by atoms with Gasteiger partial charge in [0.2, 0.25) is 0 Å². The van der Waals surface area contributed by atoms with Crippen molar-refractivity contribution in [3.8, 4) is 0 Å². The molecule has 2 rings (SSSR count). The van der Waals surface area contributed by atoms with Crippen molar-refractivity contribution in [2.75, 3.05) is 5.73 Å². The third kappa shape index (κ3) is 2.60. The number of pyridine rings is 1. The lowest BCUT2D eigenvalue weighted by atomic mass is 10.4. The lowest BCUT2D eigenvalue weighted by molar-refractivity contribution is 0.902. The van der Waals surface area contributed by atoms with Crippen LogP contribution in [0.3, 0.4) is 0 Å². The summed E-state index contributed by atoms with van der Waals surface area (Å²) in [6.07, 6.45) is 1.57. The lowest BCUT2D eigenvalue weighted by Gasteiger charge is -2.00. The number of nitrogens with zero attached hydrogens (tertiary/aromatic N) is 2. The number of aromatic nitrogens is 3. The van der Waals surface area contributed by atoms with Crippen molar-refractivity contribution < 1.29 is 0 Å². The van der Waals surface area contributed by atoms with E-state index in [-0.39, 0.29) is 5.56 Å². The van der Waals surface area contributed by atoms with Crippen LogP contribution in [0.15, 0.2) is 39.4 Å². The molecule has 5 nitrogen and oxygen atoms in total. The van der Waals surface area contributed by atoms with E-state index in [4.69, 9.17) is 5.73 Å². The van der Waals surface area contributed by atoms with Crippen molar-refractivity contribution in [3.63, 3.8) is 0 Å². The molecule has 0 aliphatic rings. The molecule has 0 aliphatic heterocycles. The molecular formula is C10H10N4OS. The number of nitrogens with two attached hydrogens (primary N) is 1. The molecule has 0 amide bonds. The van der Waals surface area contributed by atoms with E-state index in [1.807, 2.05) is 0 Å². The van der Waals surface area contributed by atoms with Crippen LogP contribution in [-0.2, 0) is 0 Å². The Kier molecular flexibility index (Phi) is 2.91. The van der Waals surface area contributed by atoms with Gasteiger partial charge in [-0.2, -0.15) is 0 Å². The van der Waals surface area contributed by atoms with E-state index in [2.05, 4.69) is 15.0 Å². The number of H-pyrrole nitrogens is 1. The molecule has 3 N–H and O–H groups in total. The quantitative estimate of drug-likeness (QED) is 0.763. The first-order valence-corrected chi connectivity index (χ1v) is 5.42. The summed E-state index contributed by atoms with van der Waals surface area (Å²) in [5, 5.41) is 1.27. The number of hydrogen-bond acceptors (Lipinski definition) is 5. The highest BCUT2D eigenvalue weighted by Crippen LogP contribution is 2.21. The van der Waals surface area contributed by atoms with Crippen molar-refractivity contribution in [2.24, 2.45) is 0 Å². The van der Waals surface area contributed by atoms with Gasteiger partial charge in [-0.3, -0.25) is 4.79 Å². The molecule has 0 fully saturated rings. The van der Waals surface area contributed by atoms with E-state index in [0.717, 1.165) is 5.03 Å². The highest BCUT2D eigenvalue weighted by molar-refractivity contribution is 7.99. The molecular weight excluding hydrogens is 224 g/mol. The fraction of sp³-hybridized carbons (Fsp3) is 0.100. The van der Waals surface area contributed by atoms with Crippen molar-refractivity contribution >= 4 is 17.4 Å². The monoisotopic (exact) mass is 234 g/mol. The summed E-state index contributed by atoms with van der Waals surface area (Å²) in [7, 11) is 0. The van der Waals surface area contributed by atoms with Crippen molar-refractivity contribution in [1.29, 1.82) is 0 Å². The number of aryl methyl sites for hydroxylation is 1. The maximum atomic E-state index is 11.2.